The van der Waals surface area contributed by atoms with Gasteiger partial charge in [0.05, 0.1) is 6.54 Å². The van der Waals surface area contributed by atoms with E-state index in [9.17, 15) is 9.18 Å². The van der Waals surface area contributed by atoms with E-state index >= 15 is 0 Å². The molecule has 1 atom stereocenters. The molecule has 1 aromatic carbocycles. The minimum Gasteiger partial charge on any atom is -0.491 e. The Morgan fingerprint density at radius 3 is 2.70 bits per heavy atom. The van der Waals surface area contributed by atoms with Crippen molar-refractivity contribution in [3.63, 3.8) is 0 Å². The van der Waals surface area contributed by atoms with Gasteiger partial charge in [-0.25, -0.2) is 9.37 Å². The largest absolute Gasteiger partial charge is 0.491 e. The lowest BCUT2D eigenvalue weighted by Crippen LogP contribution is -2.55. The molecule has 0 bridgehead atoms. The number of nitrogen functional groups attached to an aromatic ring is 1. The van der Waals surface area contributed by atoms with Crippen LogP contribution < -0.4 is 10.5 Å². The van der Waals surface area contributed by atoms with E-state index in [1.54, 1.807) is 18.3 Å². The van der Waals surface area contributed by atoms with Crippen LogP contribution in [0.1, 0.15) is 18.4 Å². The van der Waals surface area contributed by atoms with Gasteiger partial charge in [-0.05, 0) is 43.2 Å². The van der Waals surface area contributed by atoms with Gasteiger partial charge in [0, 0.05) is 37.4 Å². The maximum Gasteiger partial charge on any atom is 0.248 e. The SMILES string of the molecule is Nc1ncccc1CN1CCC(N2CC(COc3ccc(F)cc3)OCC2=O)CC1. The van der Waals surface area contributed by atoms with Crippen molar-refractivity contribution in [3.8, 4) is 5.75 Å². The molecule has 8 heteroatoms. The maximum absolute atomic E-state index is 13.0. The third-order valence-corrected chi connectivity index (χ3v) is 5.73. The Morgan fingerprint density at radius 2 is 1.97 bits per heavy atom. The third kappa shape index (κ3) is 5.06. The zero-order valence-corrected chi connectivity index (χ0v) is 16.9. The number of carbonyl (C=O) groups excluding carboxylic acids is 1. The van der Waals surface area contributed by atoms with Crippen LogP contribution in [0.25, 0.3) is 0 Å². The van der Waals surface area contributed by atoms with Crippen molar-refractivity contribution in [1.82, 2.24) is 14.8 Å². The van der Waals surface area contributed by atoms with E-state index < -0.39 is 0 Å². The first-order chi connectivity index (χ1) is 14.6. The minimum atomic E-state index is -0.300. The lowest BCUT2D eigenvalue weighted by molar-refractivity contribution is -0.155. The van der Waals surface area contributed by atoms with Crippen molar-refractivity contribution < 1.29 is 18.7 Å². The lowest BCUT2D eigenvalue weighted by Gasteiger charge is -2.42. The highest BCUT2D eigenvalue weighted by Crippen LogP contribution is 2.23. The summed E-state index contributed by atoms with van der Waals surface area (Å²) in [5, 5.41) is 0. The van der Waals surface area contributed by atoms with Crippen molar-refractivity contribution in [2.75, 3.05) is 38.6 Å². The summed E-state index contributed by atoms with van der Waals surface area (Å²) in [5.41, 5.74) is 7.00. The van der Waals surface area contributed by atoms with Crippen LogP contribution in [0.15, 0.2) is 42.6 Å². The Morgan fingerprint density at radius 1 is 1.20 bits per heavy atom. The number of pyridine rings is 1. The summed E-state index contributed by atoms with van der Waals surface area (Å²) in [5.74, 6) is 0.895. The van der Waals surface area contributed by atoms with Crippen molar-refractivity contribution in [2.24, 2.45) is 0 Å². The fourth-order valence-electron chi connectivity index (χ4n) is 4.03. The van der Waals surface area contributed by atoms with Gasteiger partial charge in [-0.1, -0.05) is 6.07 Å². The van der Waals surface area contributed by atoms with E-state index in [2.05, 4.69) is 9.88 Å². The number of nitrogens with zero attached hydrogens (tertiary/aromatic N) is 3. The van der Waals surface area contributed by atoms with E-state index in [1.165, 1.54) is 12.1 Å². The molecule has 1 aromatic heterocycles. The molecule has 0 spiro atoms. The van der Waals surface area contributed by atoms with E-state index in [4.69, 9.17) is 15.2 Å². The molecular weight excluding hydrogens is 387 g/mol. The Labute approximate surface area is 175 Å². The van der Waals surface area contributed by atoms with E-state index in [0.717, 1.165) is 38.0 Å². The number of hydrogen-bond acceptors (Lipinski definition) is 6. The maximum atomic E-state index is 13.0. The number of nitrogens with two attached hydrogens (primary N) is 1. The summed E-state index contributed by atoms with van der Waals surface area (Å²) in [4.78, 5) is 20.9. The highest BCUT2D eigenvalue weighted by molar-refractivity contribution is 5.78. The summed E-state index contributed by atoms with van der Waals surface area (Å²) < 4.78 is 24.4. The molecule has 2 aliphatic rings. The molecule has 2 aromatic rings. The number of hydrogen-bond donors (Lipinski definition) is 1. The van der Waals surface area contributed by atoms with Crippen molar-refractivity contribution in [2.45, 2.75) is 31.5 Å². The number of anilines is 1. The molecule has 0 radical (unpaired) electrons. The number of benzene rings is 1. The van der Waals surface area contributed by atoms with Gasteiger partial charge in [0.25, 0.3) is 0 Å². The molecule has 4 rings (SSSR count). The second-order valence-electron chi connectivity index (χ2n) is 7.80. The minimum absolute atomic E-state index is 0.0305. The predicted molar refractivity (Wildman–Crippen MR) is 110 cm³/mol. The van der Waals surface area contributed by atoms with Crippen LogP contribution in [0.2, 0.25) is 0 Å². The average Bonchev–Trinajstić information content (AvgIpc) is 2.76. The number of rotatable bonds is 6. The summed E-state index contributed by atoms with van der Waals surface area (Å²) >= 11 is 0. The van der Waals surface area contributed by atoms with Crippen LogP contribution in [0.5, 0.6) is 5.75 Å². The molecule has 2 N–H and O–H groups in total. The van der Waals surface area contributed by atoms with Crippen molar-refractivity contribution in [1.29, 1.82) is 0 Å². The van der Waals surface area contributed by atoms with Gasteiger partial charge in [0.1, 0.15) is 36.7 Å². The number of amides is 1. The Hall–Kier alpha value is -2.71. The van der Waals surface area contributed by atoms with Crippen molar-refractivity contribution in [3.05, 3.63) is 54.0 Å². The number of morpholine rings is 1. The number of likely N-dealkylation sites (tertiary alicyclic amines) is 1. The van der Waals surface area contributed by atoms with Crippen LogP contribution in [0.4, 0.5) is 10.2 Å². The quantitative estimate of drug-likeness (QED) is 0.780. The molecule has 160 valence electrons. The molecule has 1 amide bonds. The second-order valence-corrected chi connectivity index (χ2v) is 7.80. The Bertz CT molecular complexity index is 856. The number of ether oxygens (including phenoxy) is 2. The number of halogens is 1. The topological polar surface area (TPSA) is 80.9 Å². The first kappa shape index (κ1) is 20.6. The molecule has 0 aliphatic carbocycles. The lowest BCUT2D eigenvalue weighted by atomic mass is 10.0. The summed E-state index contributed by atoms with van der Waals surface area (Å²) in [7, 11) is 0. The van der Waals surface area contributed by atoms with Crippen LogP contribution in [-0.4, -0.2) is 65.7 Å². The van der Waals surface area contributed by atoms with E-state index in [1.807, 2.05) is 17.0 Å². The first-order valence-corrected chi connectivity index (χ1v) is 10.3. The van der Waals surface area contributed by atoms with Gasteiger partial charge >= 0.3 is 0 Å². The molecule has 0 saturated carbocycles. The number of piperidine rings is 1. The van der Waals surface area contributed by atoms with Gasteiger partial charge in [0.2, 0.25) is 5.91 Å². The van der Waals surface area contributed by atoms with Crippen LogP contribution in [0.3, 0.4) is 0 Å². The summed E-state index contributed by atoms with van der Waals surface area (Å²) in [6, 6.07) is 10.0. The number of carbonyl (C=O) groups is 1. The summed E-state index contributed by atoms with van der Waals surface area (Å²) in [6.45, 7) is 3.50. The fourth-order valence-corrected chi connectivity index (χ4v) is 4.03. The molecule has 2 aliphatic heterocycles. The van der Waals surface area contributed by atoms with Crippen LogP contribution >= 0.6 is 0 Å². The third-order valence-electron chi connectivity index (χ3n) is 5.73. The highest BCUT2D eigenvalue weighted by Gasteiger charge is 2.33. The highest BCUT2D eigenvalue weighted by atomic mass is 19.1. The summed E-state index contributed by atoms with van der Waals surface area (Å²) in [6.07, 6.45) is 3.33. The molecular formula is C22H27FN4O3. The molecule has 3 heterocycles. The van der Waals surface area contributed by atoms with Crippen molar-refractivity contribution >= 4 is 11.7 Å². The first-order valence-electron chi connectivity index (χ1n) is 10.3. The Kier molecular flexibility index (Phi) is 6.44. The van der Waals surface area contributed by atoms with Gasteiger partial charge in [0.15, 0.2) is 0 Å². The van der Waals surface area contributed by atoms with Gasteiger partial charge in [-0.15, -0.1) is 0 Å². The standard InChI is InChI=1S/C22H27FN4O3/c23-17-3-5-19(6-4-17)29-14-20-13-27(21(28)15-30-20)18-7-10-26(11-8-18)12-16-2-1-9-25-22(16)24/h1-6,9,18,20H,7-8,10-15H2,(H2,24,25). The van der Waals surface area contributed by atoms with Crippen LogP contribution in [-0.2, 0) is 16.1 Å². The number of aromatic nitrogens is 1. The predicted octanol–water partition coefficient (Wildman–Crippen LogP) is 2.07. The smallest absolute Gasteiger partial charge is 0.248 e. The monoisotopic (exact) mass is 414 g/mol. The second kappa shape index (κ2) is 9.40. The molecule has 2 saturated heterocycles. The fraction of sp³-hybridized carbons (Fsp3) is 0.455. The molecule has 7 nitrogen and oxygen atoms in total. The Balaban J connectivity index is 1.27. The normalized spacial score (nSPS) is 21.0. The zero-order valence-electron chi connectivity index (χ0n) is 16.9. The van der Waals surface area contributed by atoms with E-state index in [0.29, 0.717) is 24.7 Å². The van der Waals surface area contributed by atoms with Gasteiger partial charge in [-0.2, -0.15) is 0 Å². The van der Waals surface area contributed by atoms with Gasteiger partial charge in [-0.3, -0.25) is 9.69 Å². The molecule has 30 heavy (non-hydrogen) atoms. The van der Waals surface area contributed by atoms with Crippen LogP contribution in [0, 0.1) is 5.82 Å². The molecule has 2 fully saturated rings. The zero-order chi connectivity index (χ0) is 20.9. The van der Waals surface area contributed by atoms with Gasteiger partial charge < -0.3 is 20.1 Å². The van der Waals surface area contributed by atoms with E-state index in [-0.39, 0.29) is 30.5 Å². The average molecular weight is 414 g/mol. The molecule has 1 unspecified atom stereocenters.